The molecule has 2 aromatic rings. The number of ether oxygens (including phenoxy) is 1. The molecule has 1 aromatic carbocycles. The van der Waals surface area contributed by atoms with Gasteiger partial charge in [0.1, 0.15) is 28.5 Å². The Hall–Kier alpha value is -2.54. The quantitative estimate of drug-likeness (QED) is 0.844. The average Bonchev–Trinajstić information content (AvgIpc) is 2.59. The normalized spacial score (nSPS) is 13.6. The lowest BCUT2D eigenvalue weighted by atomic mass is 9.97. The van der Waals surface area contributed by atoms with Crippen LogP contribution in [0.15, 0.2) is 35.4 Å². The zero-order valence-electron chi connectivity index (χ0n) is 13.2. The Morgan fingerprint density at radius 1 is 1.21 bits per heavy atom. The van der Waals surface area contributed by atoms with E-state index in [0.29, 0.717) is 33.5 Å². The van der Waals surface area contributed by atoms with Crippen LogP contribution in [0.2, 0.25) is 0 Å². The molecule has 0 spiro atoms. The SMILES string of the molecule is CNc1nc(SCC2COC2)c(C#N)c(-c2ccccc2)c1C#N. The predicted molar refractivity (Wildman–Crippen MR) is 93.7 cm³/mol. The van der Waals surface area contributed by atoms with Crippen molar-refractivity contribution < 1.29 is 4.74 Å². The number of nitriles is 2. The Labute approximate surface area is 145 Å². The Bertz CT molecular complexity index is 820. The minimum Gasteiger partial charge on any atom is -0.381 e. The van der Waals surface area contributed by atoms with Gasteiger partial charge in [-0.3, -0.25) is 0 Å². The third-order valence-electron chi connectivity index (χ3n) is 3.85. The second kappa shape index (κ2) is 7.35. The van der Waals surface area contributed by atoms with Crippen molar-refractivity contribution in [1.29, 1.82) is 10.5 Å². The zero-order chi connectivity index (χ0) is 16.9. The molecule has 1 N–H and O–H groups in total. The number of hydrogen-bond acceptors (Lipinski definition) is 6. The van der Waals surface area contributed by atoms with Crippen LogP contribution in [-0.2, 0) is 4.74 Å². The summed E-state index contributed by atoms with van der Waals surface area (Å²) in [5.41, 5.74) is 2.35. The minimum atomic E-state index is 0.400. The lowest BCUT2D eigenvalue weighted by Gasteiger charge is -2.25. The van der Waals surface area contributed by atoms with Gasteiger partial charge in [-0.2, -0.15) is 10.5 Å². The maximum Gasteiger partial charge on any atom is 0.145 e. The van der Waals surface area contributed by atoms with E-state index < -0.39 is 0 Å². The molecule has 1 fully saturated rings. The summed E-state index contributed by atoms with van der Waals surface area (Å²) < 4.78 is 5.20. The summed E-state index contributed by atoms with van der Waals surface area (Å²) in [7, 11) is 1.73. The summed E-state index contributed by atoms with van der Waals surface area (Å²) in [5.74, 6) is 1.85. The molecule has 0 unspecified atom stereocenters. The molecule has 24 heavy (non-hydrogen) atoms. The third-order valence-corrected chi connectivity index (χ3v) is 5.06. The molecule has 1 aliphatic heterocycles. The van der Waals surface area contributed by atoms with E-state index in [0.717, 1.165) is 24.5 Å². The maximum absolute atomic E-state index is 9.72. The lowest BCUT2D eigenvalue weighted by Crippen LogP contribution is -2.29. The van der Waals surface area contributed by atoms with Crippen LogP contribution >= 0.6 is 11.8 Å². The van der Waals surface area contributed by atoms with Crippen LogP contribution in [0.25, 0.3) is 11.1 Å². The molecule has 0 atom stereocenters. The van der Waals surface area contributed by atoms with Crippen molar-refractivity contribution >= 4 is 17.6 Å². The molecule has 1 saturated heterocycles. The number of nitrogens with one attached hydrogen (secondary N) is 1. The number of rotatable bonds is 5. The van der Waals surface area contributed by atoms with E-state index in [-0.39, 0.29) is 0 Å². The number of thioether (sulfide) groups is 1. The lowest BCUT2D eigenvalue weighted by molar-refractivity contribution is -0.0196. The molecule has 0 bridgehead atoms. The van der Waals surface area contributed by atoms with E-state index in [1.807, 2.05) is 30.3 Å². The van der Waals surface area contributed by atoms with Crippen LogP contribution in [0, 0.1) is 28.6 Å². The van der Waals surface area contributed by atoms with E-state index >= 15 is 0 Å². The fraction of sp³-hybridized carbons (Fsp3) is 0.278. The number of anilines is 1. The molecule has 1 aromatic heterocycles. The maximum atomic E-state index is 9.72. The minimum absolute atomic E-state index is 0.400. The van der Waals surface area contributed by atoms with Gasteiger partial charge in [-0.1, -0.05) is 30.3 Å². The first-order valence-electron chi connectivity index (χ1n) is 7.60. The van der Waals surface area contributed by atoms with Crippen molar-refractivity contribution in [3.05, 3.63) is 41.5 Å². The Morgan fingerprint density at radius 2 is 1.92 bits per heavy atom. The number of nitrogens with zero attached hydrogens (tertiary/aromatic N) is 3. The second-order valence-electron chi connectivity index (χ2n) is 5.44. The topological polar surface area (TPSA) is 81.7 Å². The molecule has 2 heterocycles. The monoisotopic (exact) mass is 336 g/mol. The number of pyridine rings is 1. The summed E-state index contributed by atoms with van der Waals surface area (Å²) in [4.78, 5) is 4.52. The molecule has 6 heteroatoms. The summed E-state index contributed by atoms with van der Waals surface area (Å²) in [5, 5.41) is 23.0. The van der Waals surface area contributed by atoms with E-state index in [1.165, 1.54) is 0 Å². The molecule has 0 saturated carbocycles. The van der Waals surface area contributed by atoms with Gasteiger partial charge in [-0.25, -0.2) is 4.98 Å². The summed E-state index contributed by atoms with van der Waals surface area (Å²) in [6.07, 6.45) is 0. The van der Waals surface area contributed by atoms with Gasteiger partial charge in [0.2, 0.25) is 0 Å². The van der Waals surface area contributed by atoms with Gasteiger partial charge in [0.05, 0.1) is 18.8 Å². The Kier molecular flexibility index (Phi) is 5.00. The van der Waals surface area contributed by atoms with Crippen LogP contribution in [0.5, 0.6) is 0 Å². The first-order chi connectivity index (χ1) is 11.8. The Morgan fingerprint density at radius 3 is 2.46 bits per heavy atom. The molecule has 1 aliphatic rings. The predicted octanol–water partition coefficient (Wildman–Crippen LogP) is 3.27. The average molecular weight is 336 g/mol. The van der Waals surface area contributed by atoms with Crippen molar-refractivity contribution in [2.45, 2.75) is 5.03 Å². The first kappa shape index (κ1) is 16.3. The number of hydrogen-bond donors (Lipinski definition) is 1. The molecule has 5 nitrogen and oxygen atoms in total. The number of aromatic nitrogens is 1. The van der Waals surface area contributed by atoms with E-state index in [4.69, 9.17) is 4.74 Å². The summed E-state index contributed by atoms with van der Waals surface area (Å²) in [6.45, 7) is 1.52. The molecule has 0 amide bonds. The zero-order valence-corrected chi connectivity index (χ0v) is 14.1. The third kappa shape index (κ3) is 3.07. The smallest absolute Gasteiger partial charge is 0.145 e. The number of benzene rings is 1. The molecule has 120 valence electrons. The van der Waals surface area contributed by atoms with Crippen LogP contribution in [0.1, 0.15) is 11.1 Å². The fourth-order valence-corrected chi connectivity index (χ4v) is 3.57. The molecular formula is C18H16N4OS. The van der Waals surface area contributed by atoms with Crippen LogP contribution in [0.4, 0.5) is 5.82 Å². The van der Waals surface area contributed by atoms with Gasteiger partial charge >= 0.3 is 0 Å². The van der Waals surface area contributed by atoms with Gasteiger partial charge in [0.15, 0.2) is 0 Å². The first-order valence-corrected chi connectivity index (χ1v) is 8.59. The van der Waals surface area contributed by atoms with Crippen molar-refractivity contribution in [1.82, 2.24) is 4.98 Å². The van der Waals surface area contributed by atoms with Crippen LogP contribution < -0.4 is 5.32 Å². The van der Waals surface area contributed by atoms with Crippen molar-refractivity contribution in [3.63, 3.8) is 0 Å². The largest absolute Gasteiger partial charge is 0.381 e. The van der Waals surface area contributed by atoms with Gasteiger partial charge < -0.3 is 10.1 Å². The highest BCUT2D eigenvalue weighted by molar-refractivity contribution is 7.99. The standard InChI is InChI=1S/C18H16N4OS/c1-21-17-14(7-19)16(13-5-3-2-4-6-13)15(8-20)18(22-17)24-11-12-9-23-10-12/h2-6,12H,9-11H2,1H3,(H,21,22). The fourth-order valence-electron chi connectivity index (χ4n) is 2.53. The van der Waals surface area contributed by atoms with Gasteiger partial charge in [-0.05, 0) is 5.56 Å². The molecule has 0 aliphatic carbocycles. The van der Waals surface area contributed by atoms with Crippen molar-refractivity contribution in [2.24, 2.45) is 5.92 Å². The van der Waals surface area contributed by atoms with Crippen LogP contribution in [-0.4, -0.2) is 31.0 Å². The van der Waals surface area contributed by atoms with Gasteiger partial charge in [0, 0.05) is 24.3 Å². The second-order valence-corrected chi connectivity index (χ2v) is 6.45. The van der Waals surface area contributed by atoms with E-state index in [2.05, 4.69) is 22.4 Å². The summed E-state index contributed by atoms with van der Waals surface area (Å²) >= 11 is 1.55. The van der Waals surface area contributed by atoms with Crippen molar-refractivity contribution in [3.8, 4) is 23.3 Å². The molecule has 3 rings (SSSR count). The van der Waals surface area contributed by atoms with Gasteiger partial charge in [-0.15, -0.1) is 11.8 Å². The van der Waals surface area contributed by atoms with E-state index in [9.17, 15) is 10.5 Å². The Balaban J connectivity index is 2.13. The highest BCUT2D eigenvalue weighted by Crippen LogP contribution is 2.37. The van der Waals surface area contributed by atoms with Crippen molar-refractivity contribution in [2.75, 3.05) is 31.3 Å². The highest BCUT2D eigenvalue weighted by atomic mass is 32.2. The van der Waals surface area contributed by atoms with Crippen LogP contribution in [0.3, 0.4) is 0 Å². The van der Waals surface area contributed by atoms with Gasteiger partial charge in [0.25, 0.3) is 0 Å². The van der Waals surface area contributed by atoms with E-state index in [1.54, 1.807) is 18.8 Å². The summed E-state index contributed by atoms with van der Waals surface area (Å²) in [6, 6.07) is 14.0. The molecular weight excluding hydrogens is 320 g/mol. The molecule has 0 radical (unpaired) electrons. The highest BCUT2D eigenvalue weighted by Gasteiger charge is 2.24.